The summed E-state index contributed by atoms with van der Waals surface area (Å²) in [5, 5.41) is 3.11. The molecule has 152 valence electrons. The summed E-state index contributed by atoms with van der Waals surface area (Å²) in [5.74, 6) is -1.49. The molecule has 3 aromatic rings. The average molecular weight is 463 g/mol. The molecule has 0 saturated heterocycles. The van der Waals surface area contributed by atoms with Gasteiger partial charge in [0, 0.05) is 16.1 Å². The molecule has 0 saturated carbocycles. The molecule has 8 heteroatoms. The van der Waals surface area contributed by atoms with Crippen LogP contribution in [0.4, 0.5) is 5.69 Å². The van der Waals surface area contributed by atoms with Crippen molar-refractivity contribution in [2.75, 3.05) is 11.9 Å². The number of nitrogens with one attached hydrogen (secondary N) is 1. The number of ketones is 1. The molecule has 0 aliphatic carbocycles. The molecule has 0 atom stereocenters. The van der Waals surface area contributed by atoms with Crippen LogP contribution in [-0.4, -0.2) is 24.3 Å². The van der Waals surface area contributed by atoms with Crippen LogP contribution >= 0.6 is 34.8 Å². The van der Waals surface area contributed by atoms with Crippen molar-refractivity contribution in [3.05, 3.63) is 98.5 Å². The molecule has 1 N–H and O–H groups in total. The topological polar surface area (TPSA) is 72.5 Å². The number of hydrogen-bond acceptors (Lipinski definition) is 4. The lowest BCUT2D eigenvalue weighted by Gasteiger charge is -2.10. The number of rotatable bonds is 6. The number of carbonyl (C=O) groups is 3. The summed E-state index contributed by atoms with van der Waals surface area (Å²) < 4.78 is 5.00. The van der Waals surface area contributed by atoms with Gasteiger partial charge in [0.25, 0.3) is 5.91 Å². The molecule has 3 aromatic carbocycles. The highest BCUT2D eigenvalue weighted by Crippen LogP contribution is 2.33. The van der Waals surface area contributed by atoms with E-state index < -0.39 is 18.5 Å². The van der Waals surface area contributed by atoms with Crippen molar-refractivity contribution in [1.82, 2.24) is 0 Å². The van der Waals surface area contributed by atoms with Crippen LogP contribution < -0.4 is 5.32 Å². The van der Waals surface area contributed by atoms with Crippen molar-refractivity contribution in [1.29, 1.82) is 0 Å². The smallest absolute Gasteiger partial charge is 0.338 e. The number of hydrogen-bond donors (Lipinski definition) is 1. The number of ether oxygens (including phenoxy) is 1. The van der Waals surface area contributed by atoms with Crippen LogP contribution in [0.3, 0.4) is 0 Å². The van der Waals surface area contributed by atoms with Crippen LogP contribution in [0.15, 0.2) is 66.7 Å². The van der Waals surface area contributed by atoms with Gasteiger partial charge in [0.2, 0.25) is 0 Å². The normalized spacial score (nSPS) is 10.4. The van der Waals surface area contributed by atoms with Gasteiger partial charge in [-0.05, 0) is 24.3 Å². The van der Waals surface area contributed by atoms with E-state index in [-0.39, 0.29) is 27.1 Å². The molecule has 0 radical (unpaired) electrons. The third-order valence-electron chi connectivity index (χ3n) is 4.02. The number of amides is 1. The summed E-state index contributed by atoms with van der Waals surface area (Å²) in [5.41, 5.74) is 1.36. The van der Waals surface area contributed by atoms with Crippen molar-refractivity contribution in [2.24, 2.45) is 0 Å². The van der Waals surface area contributed by atoms with Crippen molar-refractivity contribution in [2.45, 2.75) is 0 Å². The predicted octanol–water partition coefficient (Wildman–Crippen LogP) is 5.67. The van der Waals surface area contributed by atoms with E-state index in [0.29, 0.717) is 16.1 Å². The zero-order chi connectivity index (χ0) is 21.7. The average Bonchev–Trinajstić information content (AvgIpc) is 2.74. The molecular formula is C22H14Cl3NO4. The Morgan fingerprint density at radius 3 is 1.90 bits per heavy atom. The number of anilines is 1. The number of carbonyl (C=O) groups excluding carboxylic acids is 3. The summed E-state index contributed by atoms with van der Waals surface area (Å²) in [6, 6.07) is 17.6. The van der Waals surface area contributed by atoms with Gasteiger partial charge in [-0.1, -0.05) is 77.3 Å². The van der Waals surface area contributed by atoms with E-state index in [0.717, 1.165) is 0 Å². The maximum absolute atomic E-state index is 12.4. The fraction of sp³-hybridized carbons (Fsp3) is 0.0455. The summed E-state index contributed by atoms with van der Waals surface area (Å²) in [6.07, 6.45) is 0. The number of esters is 1. The summed E-state index contributed by atoms with van der Waals surface area (Å²) in [7, 11) is 0. The zero-order valence-electron chi connectivity index (χ0n) is 15.3. The van der Waals surface area contributed by atoms with Crippen LogP contribution in [-0.2, 0) is 9.53 Å². The first kappa shape index (κ1) is 21.8. The van der Waals surface area contributed by atoms with Crippen molar-refractivity contribution < 1.29 is 19.1 Å². The lowest BCUT2D eigenvalue weighted by Crippen LogP contribution is -2.21. The Labute approximate surface area is 187 Å². The van der Waals surface area contributed by atoms with Crippen molar-refractivity contribution in [3.63, 3.8) is 0 Å². The van der Waals surface area contributed by atoms with E-state index in [4.69, 9.17) is 39.5 Å². The van der Waals surface area contributed by atoms with Gasteiger partial charge >= 0.3 is 5.97 Å². The van der Waals surface area contributed by atoms with Crippen LogP contribution in [0.25, 0.3) is 0 Å². The Morgan fingerprint density at radius 2 is 1.30 bits per heavy atom. The molecule has 3 rings (SSSR count). The maximum Gasteiger partial charge on any atom is 0.338 e. The van der Waals surface area contributed by atoms with E-state index in [1.165, 1.54) is 36.4 Å². The highest BCUT2D eigenvalue weighted by Gasteiger charge is 2.15. The highest BCUT2D eigenvalue weighted by atomic mass is 35.5. The van der Waals surface area contributed by atoms with Gasteiger partial charge in [0.15, 0.2) is 12.4 Å². The predicted molar refractivity (Wildman–Crippen MR) is 117 cm³/mol. The maximum atomic E-state index is 12.4. The second kappa shape index (κ2) is 9.76. The Bertz CT molecular complexity index is 1080. The highest BCUT2D eigenvalue weighted by molar-refractivity contribution is 6.42. The van der Waals surface area contributed by atoms with Gasteiger partial charge in [0.05, 0.1) is 21.3 Å². The fourth-order valence-electron chi connectivity index (χ4n) is 2.57. The Hall–Kier alpha value is -2.86. The number of halogens is 3. The first-order valence-electron chi connectivity index (χ1n) is 8.66. The molecule has 0 unspecified atom stereocenters. The van der Waals surface area contributed by atoms with Crippen LogP contribution in [0.1, 0.15) is 26.3 Å². The van der Waals surface area contributed by atoms with E-state index in [1.54, 1.807) is 24.3 Å². The molecule has 0 fully saturated rings. The minimum Gasteiger partial charge on any atom is -0.452 e. The largest absolute Gasteiger partial charge is 0.452 e. The van der Waals surface area contributed by atoms with E-state index in [9.17, 15) is 14.4 Å². The van der Waals surface area contributed by atoms with Gasteiger partial charge in [0.1, 0.15) is 0 Å². The second-order valence-electron chi connectivity index (χ2n) is 6.14. The van der Waals surface area contributed by atoms with Gasteiger partial charge < -0.3 is 10.1 Å². The molecule has 30 heavy (non-hydrogen) atoms. The Morgan fingerprint density at radius 1 is 0.767 bits per heavy atom. The zero-order valence-corrected chi connectivity index (χ0v) is 17.6. The van der Waals surface area contributed by atoms with Crippen LogP contribution in [0.5, 0.6) is 0 Å². The Balaban J connectivity index is 1.59. The van der Waals surface area contributed by atoms with Crippen molar-refractivity contribution in [3.8, 4) is 0 Å². The third kappa shape index (κ3) is 5.39. The van der Waals surface area contributed by atoms with Gasteiger partial charge in [-0.25, -0.2) is 4.79 Å². The Kier molecular flexibility index (Phi) is 7.11. The molecule has 0 aliphatic rings. The summed E-state index contributed by atoms with van der Waals surface area (Å²) in [4.78, 5) is 36.6. The quantitative estimate of drug-likeness (QED) is 0.378. The minimum atomic E-state index is -0.711. The molecule has 0 spiro atoms. The molecule has 0 bridgehead atoms. The second-order valence-corrected chi connectivity index (χ2v) is 7.39. The molecule has 5 nitrogen and oxygen atoms in total. The molecule has 0 aliphatic heterocycles. The molecular weight excluding hydrogens is 449 g/mol. The summed E-state index contributed by atoms with van der Waals surface area (Å²) in [6.45, 7) is -0.543. The summed E-state index contributed by atoms with van der Waals surface area (Å²) >= 11 is 17.8. The monoisotopic (exact) mass is 461 g/mol. The first-order chi connectivity index (χ1) is 14.3. The fourth-order valence-corrected chi connectivity index (χ4v) is 3.48. The van der Waals surface area contributed by atoms with Gasteiger partial charge in [-0.2, -0.15) is 0 Å². The van der Waals surface area contributed by atoms with E-state index in [1.807, 2.05) is 6.07 Å². The standard InChI is InChI=1S/C22H14Cl3NO4/c23-16-10-17(24)20(18(25)11-16)26-19(27)12-30-22(29)15-8-6-14(7-9-15)21(28)13-4-2-1-3-5-13/h1-11H,12H2,(H,26,27). The van der Waals surface area contributed by atoms with Crippen molar-refractivity contribution >= 4 is 58.1 Å². The number of benzene rings is 3. The molecule has 1 amide bonds. The lowest BCUT2D eigenvalue weighted by molar-refractivity contribution is -0.119. The van der Waals surface area contributed by atoms with Crippen LogP contribution in [0, 0.1) is 0 Å². The van der Waals surface area contributed by atoms with Gasteiger partial charge in [-0.3, -0.25) is 9.59 Å². The molecule has 0 heterocycles. The van der Waals surface area contributed by atoms with E-state index in [2.05, 4.69) is 5.32 Å². The van der Waals surface area contributed by atoms with Gasteiger partial charge in [-0.15, -0.1) is 0 Å². The molecule has 0 aromatic heterocycles. The van der Waals surface area contributed by atoms with E-state index >= 15 is 0 Å². The lowest BCUT2D eigenvalue weighted by atomic mass is 10.0. The first-order valence-corrected chi connectivity index (χ1v) is 9.80. The SMILES string of the molecule is O=C(COC(=O)c1ccc(C(=O)c2ccccc2)cc1)Nc1c(Cl)cc(Cl)cc1Cl. The minimum absolute atomic E-state index is 0.158. The third-order valence-corrected chi connectivity index (χ3v) is 4.84. The van der Waals surface area contributed by atoms with Crippen LogP contribution in [0.2, 0.25) is 15.1 Å².